The predicted octanol–water partition coefficient (Wildman–Crippen LogP) is 17.2. The van der Waals surface area contributed by atoms with Gasteiger partial charge in [0.05, 0.1) is 33.9 Å². The summed E-state index contributed by atoms with van der Waals surface area (Å²) in [7, 11) is 0. The van der Waals surface area contributed by atoms with Gasteiger partial charge in [0.15, 0.2) is 0 Å². The molecule has 0 aliphatic rings. The molecule has 0 amide bonds. The number of nitrogens with zero attached hydrogens (tertiary/aromatic N) is 3. The first kappa shape index (κ1) is 35.4. The van der Waals surface area contributed by atoms with E-state index in [-0.39, 0.29) is 33.8 Å². The van der Waals surface area contributed by atoms with Crippen LogP contribution in [0.4, 0.5) is 0 Å². The lowest BCUT2D eigenvalue weighted by molar-refractivity contribution is 0.569. The second-order valence-corrected chi connectivity index (χ2v) is 20.4. The Morgan fingerprint density at radius 2 is 1.20 bits per heavy atom. The van der Waals surface area contributed by atoms with E-state index in [4.69, 9.17) is 22.0 Å². The van der Waals surface area contributed by atoms with E-state index in [1.54, 1.807) is 36.4 Å². The summed E-state index contributed by atoms with van der Waals surface area (Å²) in [5.74, 6) is 0.368. The van der Waals surface area contributed by atoms with E-state index in [9.17, 15) is 5.26 Å². The molecule has 10 aromatic rings. The summed E-state index contributed by atoms with van der Waals surface area (Å²) in [6.45, 7) is 17.1. The van der Waals surface area contributed by atoms with E-state index in [2.05, 4.69) is 130 Å². The van der Waals surface area contributed by atoms with Crippen LogP contribution < -0.4 is 0 Å². The van der Waals surface area contributed by atoms with Crippen molar-refractivity contribution < 1.29 is 17.1 Å². The highest BCUT2D eigenvalue weighted by atomic mass is 16.3. The second kappa shape index (κ2) is 15.1. The van der Waals surface area contributed by atoms with Gasteiger partial charge in [-0.05, 0) is 147 Å². The highest BCUT2D eigenvalue weighted by Crippen LogP contribution is 2.45. The fraction of sp³-hybridized carbons (Fsp3) is 0.267. The van der Waals surface area contributed by atoms with E-state index in [1.165, 1.54) is 16.7 Å². The third-order valence-electron chi connectivity index (χ3n) is 13.1. The maximum Gasteiger partial charge on any atom is 0.149 e. The minimum Gasteiger partial charge on any atom is -0.456 e. The summed E-state index contributed by atoms with van der Waals surface area (Å²) in [5.41, 5.74) is 13.7. The quantitative estimate of drug-likeness (QED) is 0.167. The molecule has 0 unspecified atom stereocenters. The van der Waals surface area contributed by atoms with E-state index < -0.39 is 13.7 Å². The summed E-state index contributed by atoms with van der Waals surface area (Å²) in [5, 5.41) is 12.0. The van der Waals surface area contributed by atoms with Gasteiger partial charge >= 0.3 is 0 Å². The van der Waals surface area contributed by atoms with Crippen LogP contribution in [-0.2, 0) is 10.8 Å². The Morgan fingerprint density at radius 3 is 1.80 bits per heavy atom. The SMILES string of the molecule is [2H]C([2H])([2H])c1ccc(-c2nc3cccc(C([2H])([2H])[2H])c3n2-c2c(C(C)C)cc(-c3ccc(-c4cc(C(C)(C)C)cc(C(C)(C)C)c4)cc3)cc2C(C)C)c2oc3cc4c(cc3c12)oc1cc(C#N)ccc14. The molecule has 3 heterocycles. The van der Waals surface area contributed by atoms with Crippen LogP contribution in [0.3, 0.4) is 0 Å². The molecule has 0 aliphatic carbocycles. The number of hydrogen-bond acceptors (Lipinski definition) is 4. The average Bonchev–Trinajstić information content (AvgIpc) is 3.99. The molecule has 0 bridgehead atoms. The molecule has 0 fully saturated rings. The van der Waals surface area contributed by atoms with Gasteiger partial charge in [-0.2, -0.15) is 5.26 Å². The molecule has 0 saturated carbocycles. The van der Waals surface area contributed by atoms with Crippen molar-refractivity contribution in [2.75, 3.05) is 0 Å². The lowest BCUT2D eigenvalue weighted by atomic mass is 9.79. The summed E-state index contributed by atoms with van der Waals surface area (Å²) in [6, 6.07) is 39.9. The summed E-state index contributed by atoms with van der Waals surface area (Å²) in [6.07, 6.45) is 0. The number of rotatable bonds is 6. The third kappa shape index (κ3) is 7.02. The number of nitriles is 1. The van der Waals surface area contributed by atoms with Crippen molar-refractivity contribution in [2.45, 2.75) is 106 Å². The van der Waals surface area contributed by atoms with E-state index in [0.717, 1.165) is 44.3 Å². The summed E-state index contributed by atoms with van der Waals surface area (Å²) in [4.78, 5) is 5.28. The van der Waals surface area contributed by atoms with Crippen molar-refractivity contribution in [3.63, 3.8) is 0 Å². The molecule has 5 nitrogen and oxygen atoms in total. The van der Waals surface area contributed by atoms with Crippen molar-refractivity contribution in [3.05, 3.63) is 154 Å². The topological polar surface area (TPSA) is 67.9 Å². The lowest BCUT2D eigenvalue weighted by Crippen LogP contribution is -2.16. The number of fused-ring (bicyclic) bond motifs is 7. The van der Waals surface area contributed by atoms with Gasteiger partial charge < -0.3 is 8.83 Å². The molecule has 5 heteroatoms. The molecule has 0 saturated heterocycles. The monoisotopic (exact) mass is 857 g/mol. The van der Waals surface area contributed by atoms with Gasteiger partial charge in [0, 0.05) is 29.8 Å². The van der Waals surface area contributed by atoms with Crippen LogP contribution in [0.15, 0.2) is 124 Å². The maximum atomic E-state index is 9.57. The molecule has 7 aromatic carbocycles. The van der Waals surface area contributed by atoms with Crippen molar-refractivity contribution in [3.8, 4) is 45.4 Å². The van der Waals surface area contributed by atoms with Gasteiger partial charge in [-0.3, -0.25) is 4.57 Å². The van der Waals surface area contributed by atoms with Crippen molar-refractivity contribution >= 4 is 54.9 Å². The average molecular weight is 858 g/mol. The third-order valence-corrected chi connectivity index (χ3v) is 13.1. The van der Waals surface area contributed by atoms with E-state index >= 15 is 0 Å². The zero-order valence-corrected chi connectivity index (χ0v) is 38.8. The van der Waals surface area contributed by atoms with Crippen LogP contribution in [0.5, 0.6) is 0 Å². The largest absolute Gasteiger partial charge is 0.456 e. The molecule has 324 valence electrons. The number of aromatic nitrogens is 2. The Morgan fingerprint density at radius 1 is 0.600 bits per heavy atom. The van der Waals surface area contributed by atoms with Crippen LogP contribution in [-0.4, -0.2) is 9.55 Å². The molecule has 10 rings (SSSR count). The predicted molar refractivity (Wildman–Crippen MR) is 272 cm³/mol. The second-order valence-electron chi connectivity index (χ2n) is 20.4. The fourth-order valence-electron chi connectivity index (χ4n) is 9.42. The molecule has 3 aromatic heterocycles. The molecule has 65 heavy (non-hydrogen) atoms. The number of hydrogen-bond donors (Lipinski definition) is 0. The van der Waals surface area contributed by atoms with Gasteiger partial charge in [-0.15, -0.1) is 0 Å². The molecule has 0 atom stereocenters. The van der Waals surface area contributed by atoms with Crippen molar-refractivity contribution in [2.24, 2.45) is 0 Å². The number of aryl methyl sites for hydroxylation is 2. The smallest absolute Gasteiger partial charge is 0.149 e. The van der Waals surface area contributed by atoms with Gasteiger partial charge in [0.25, 0.3) is 0 Å². The normalized spacial score (nSPS) is 14.3. The molecule has 0 spiro atoms. The summed E-state index contributed by atoms with van der Waals surface area (Å²) < 4.78 is 67.8. The summed E-state index contributed by atoms with van der Waals surface area (Å²) >= 11 is 0. The molecular formula is C60H57N3O2. The van der Waals surface area contributed by atoms with Crippen LogP contribution in [0, 0.1) is 25.0 Å². The van der Waals surface area contributed by atoms with Crippen LogP contribution in [0.2, 0.25) is 0 Å². The van der Waals surface area contributed by atoms with Crippen LogP contribution in [0.25, 0.3) is 94.2 Å². The molecule has 0 radical (unpaired) electrons. The maximum absolute atomic E-state index is 9.57. The van der Waals surface area contributed by atoms with Crippen LogP contribution >= 0.6 is 0 Å². The highest BCUT2D eigenvalue weighted by molar-refractivity contribution is 6.17. The van der Waals surface area contributed by atoms with Gasteiger partial charge in [0.2, 0.25) is 0 Å². The zero-order chi connectivity index (χ0) is 50.9. The van der Waals surface area contributed by atoms with Crippen LogP contribution in [0.1, 0.15) is 128 Å². The van der Waals surface area contributed by atoms with Gasteiger partial charge in [-0.25, -0.2) is 4.98 Å². The first-order chi connectivity index (χ1) is 33.3. The fourth-order valence-corrected chi connectivity index (χ4v) is 9.42. The minimum absolute atomic E-state index is 0.0173. The van der Waals surface area contributed by atoms with Crippen molar-refractivity contribution in [1.29, 1.82) is 5.26 Å². The molecule has 0 aliphatic heterocycles. The van der Waals surface area contributed by atoms with Gasteiger partial charge in [0.1, 0.15) is 28.2 Å². The Balaban J connectivity index is 1.22. The lowest BCUT2D eigenvalue weighted by Gasteiger charge is -2.26. The number of benzene rings is 7. The number of furan rings is 2. The van der Waals surface area contributed by atoms with Crippen molar-refractivity contribution in [1.82, 2.24) is 9.55 Å². The Kier molecular flexibility index (Phi) is 8.23. The Hall–Kier alpha value is -6.90. The van der Waals surface area contributed by atoms with E-state index in [1.807, 2.05) is 28.8 Å². The number of para-hydroxylation sites is 1. The first-order valence-electron chi connectivity index (χ1n) is 25.6. The molecule has 0 N–H and O–H groups in total. The van der Waals surface area contributed by atoms with Gasteiger partial charge in [-0.1, -0.05) is 130 Å². The standard InChI is InChI=1S/C60H57N3O2/c1-33(2)46-27-41(39-20-18-38(19-21-39)40-25-42(59(7,8)9)29-43(26-40)60(10,11)12)28-47(34(3)4)56(46)63-55-36(6)14-13-15-50(55)62-58(63)45-22-16-35(5)54-49-31-52-48(30-53(49)65-57(45)54)44-23-17-37(32-61)24-51(44)64-52/h13-31,33-34H,1-12H3/i5D3,6D3. The van der Waals surface area contributed by atoms with E-state index in [0.29, 0.717) is 61.1 Å². The molecular weight excluding hydrogens is 795 g/mol. The first-order valence-corrected chi connectivity index (χ1v) is 22.6. The highest BCUT2D eigenvalue weighted by Gasteiger charge is 2.28. The minimum atomic E-state index is -2.53. The Bertz CT molecular complexity index is 3760. The zero-order valence-electron chi connectivity index (χ0n) is 44.8. The Labute approximate surface area is 390 Å². The number of imidazole rings is 1.